The summed E-state index contributed by atoms with van der Waals surface area (Å²) in [6.45, 7) is 4.80. The first-order valence-corrected chi connectivity index (χ1v) is 4.86. The second-order valence-corrected chi connectivity index (χ2v) is 3.78. The second kappa shape index (κ2) is 4.90. The lowest BCUT2D eigenvalue weighted by molar-refractivity contribution is 0.325. The van der Waals surface area contributed by atoms with E-state index in [4.69, 9.17) is 23.2 Å². The average Bonchev–Trinajstić information content (AvgIpc) is 2.07. The molecule has 68 valence electrons. The first-order chi connectivity index (χ1) is 5.74. The van der Waals surface area contributed by atoms with Crippen LogP contribution in [0.1, 0.15) is 13.3 Å². The van der Waals surface area contributed by atoms with Crippen LogP contribution in [0.5, 0.6) is 0 Å². The van der Waals surface area contributed by atoms with Crippen molar-refractivity contribution in [3.05, 3.63) is 22.2 Å². The maximum atomic E-state index is 5.92. The molecule has 0 amide bonds. The minimum Gasteiger partial charge on any atom is -0.294 e. The molecule has 1 heterocycles. The Bertz CT molecular complexity index is 209. The van der Waals surface area contributed by atoms with Gasteiger partial charge in [-0.15, -0.1) is 0 Å². The van der Waals surface area contributed by atoms with Crippen LogP contribution in [0.25, 0.3) is 0 Å². The van der Waals surface area contributed by atoms with Crippen molar-refractivity contribution >= 4 is 23.2 Å². The Morgan fingerprint density at radius 2 is 2.17 bits per heavy atom. The molecule has 1 aliphatic rings. The minimum atomic E-state index is 0.796. The molecule has 0 N–H and O–H groups in total. The molecule has 1 rings (SSSR count). The predicted molar refractivity (Wildman–Crippen MR) is 54.6 cm³/mol. The van der Waals surface area contributed by atoms with E-state index >= 15 is 0 Å². The lowest BCUT2D eigenvalue weighted by Crippen LogP contribution is -2.29. The molecule has 0 atom stereocenters. The van der Waals surface area contributed by atoms with E-state index in [0.29, 0.717) is 0 Å². The van der Waals surface area contributed by atoms with Gasteiger partial charge in [-0.2, -0.15) is 0 Å². The Balaban J connectivity index is 2.43. The number of halogens is 2. The molecule has 0 aromatic rings. The summed E-state index contributed by atoms with van der Waals surface area (Å²) in [5, 5.41) is 1.63. The highest BCUT2D eigenvalue weighted by atomic mass is 35.5. The van der Waals surface area contributed by atoms with Gasteiger partial charge in [0.1, 0.15) is 0 Å². The van der Waals surface area contributed by atoms with Crippen molar-refractivity contribution in [3.63, 3.8) is 0 Å². The van der Waals surface area contributed by atoms with Crippen LogP contribution in [0.2, 0.25) is 0 Å². The van der Waals surface area contributed by atoms with Crippen molar-refractivity contribution in [1.29, 1.82) is 0 Å². The van der Waals surface area contributed by atoms with E-state index in [0.717, 1.165) is 36.1 Å². The van der Waals surface area contributed by atoms with E-state index in [-0.39, 0.29) is 0 Å². The van der Waals surface area contributed by atoms with Gasteiger partial charge in [0, 0.05) is 29.7 Å². The maximum absolute atomic E-state index is 5.92. The number of nitrogens with zero attached hydrogens (tertiary/aromatic N) is 1. The molecule has 0 spiro atoms. The number of hydrogen-bond donors (Lipinski definition) is 0. The van der Waals surface area contributed by atoms with Gasteiger partial charge in [-0.3, -0.25) is 4.90 Å². The molecular formula is C9H13Cl2N. The van der Waals surface area contributed by atoms with Crippen molar-refractivity contribution in [2.45, 2.75) is 13.3 Å². The van der Waals surface area contributed by atoms with Gasteiger partial charge in [0.05, 0.1) is 0 Å². The average molecular weight is 206 g/mol. The highest BCUT2D eigenvalue weighted by molar-refractivity contribution is 6.39. The molecule has 0 fully saturated rings. The van der Waals surface area contributed by atoms with Crippen molar-refractivity contribution < 1.29 is 0 Å². The van der Waals surface area contributed by atoms with Crippen molar-refractivity contribution in [1.82, 2.24) is 4.90 Å². The van der Waals surface area contributed by atoms with Crippen LogP contribution in [0.4, 0.5) is 0 Å². The normalized spacial score (nSPS) is 20.9. The summed E-state index contributed by atoms with van der Waals surface area (Å²) in [4.78, 5) is 2.27. The molecule has 0 unspecified atom stereocenters. The molecule has 0 saturated heterocycles. The van der Waals surface area contributed by atoms with Crippen LogP contribution >= 0.6 is 23.2 Å². The predicted octanol–water partition coefficient (Wildman–Crippen LogP) is 2.96. The molecule has 0 radical (unpaired) electrons. The first kappa shape index (κ1) is 10.1. The van der Waals surface area contributed by atoms with Gasteiger partial charge in [0.25, 0.3) is 0 Å². The van der Waals surface area contributed by atoms with Gasteiger partial charge in [-0.25, -0.2) is 0 Å². The summed E-state index contributed by atoms with van der Waals surface area (Å²) in [6, 6.07) is 0. The van der Waals surface area contributed by atoms with E-state index in [1.54, 1.807) is 0 Å². The fraction of sp³-hybridized carbons (Fsp3) is 0.556. The molecule has 0 aromatic carbocycles. The fourth-order valence-electron chi connectivity index (χ4n) is 1.16. The second-order valence-electron chi connectivity index (χ2n) is 2.86. The third-order valence-electron chi connectivity index (χ3n) is 1.90. The number of allylic oxidation sites excluding steroid dienone is 1. The summed E-state index contributed by atoms with van der Waals surface area (Å²) < 4.78 is 0. The van der Waals surface area contributed by atoms with Crippen LogP contribution in [0.3, 0.4) is 0 Å². The van der Waals surface area contributed by atoms with E-state index in [2.05, 4.69) is 11.0 Å². The van der Waals surface area contributed by atoms with Crippen LogP contribution in [-0.4, -0.2) is 24.5 Å². The standard InChI is InChI=1S/C9H13Cl2N/c1-2-3-5-12-6-4-8(10)9(11)7-12/h2-3H,4-7H2,1H3/b3-2+. The highest BCUT2D eigenvalue weighted by Gasteiger charge is 2.14. The Kier molecular flexibility index (Phi) is 4.13. The van der Waals surface area contributed by atoms with Crippen LogP contribution in [0.15, 0.2) is 22.2 Å². The van der Waals surface area contributed by atoms with Crippen molar-refractivity contribution in [2.75, 3.05) is 19.6 Å². The molecule has 12 heavy (non-hydrogen) atoms. The molecule has 0 bridgehead atoms. The van der Waals surface area contributed by atoms with Crippen molar-refractivity contribution in [2.24, 2.45) is 0 Å². The summed E-state index contributed by atoms with van der Waals surface area (Å²) in [6.07, 6.45) is 5.06. The molecule has 3 heteroatoms. The minimum absolute atomic E-state index is 0.796. The Labute approximate surface area is 83.6 Å². The van der Waals surface area contributed by atoms with Gasteiger partial charge < -0.3 is 0 Å². The van der Waals surface area contributed by atoms with Gasteiger partial charge in [0.15, 0.2) is 0 Å². The van der Waals surface area contributed by atoms with Gasteiger partial charge in [-0.05, 0) is 13.3 Å². The van der Waals surface area contributed by atoms with E-state index in [9.17, 15) is 0 Å². The lowest BCUT2D eigenvalue weighted by atomic mass is 10.2. The van der Waals surface area contributed by atoms with Crippen molar-refractivity contribution in [3.8, 4) is 0 Å². The van der Waals surface area contributed by atoms with E-state index < -0.39 is 0 Å². The Morgan fingerprint density at radius 1 is 1.42 bits per heavy atom. The zero-order valence-electron chi connectivity index (χ0n) is 7.19. The van der Waals surface area contributed by atoms with Gasteiger partial charge in [0.2, 0.25) is 0 Å². The lowest BCUT2D eigenvalue weighted by Gasteiger charge is -2.25. The summed E-state index contributed by atoms with van der Waals surface area (Å²) >= 11 is 11.8. The number of hydrogen-bond acceptors (Lipinski definition) is 1. The van der Waals surface area contributed by atoms with Crippen LogP contribution in [0, 0.1) is 0 Å². The first-order valence-electron chi connectivity index (χ1n) is 4.10. The number of rotatable bonds is 2. The third-order valence-corrected chi connectivity index (χ3v) is 2.77. The molecule has 0 aliphatic carbocycles. The van der Waals surface area contributed by atoms with Gasteiger partial charge in [-0.1, -0.05) is 35.4 Å². The third kappa shape index (κ3) is 2.81. The SMILES string of the molecule is C/C=C/CN1CCC(Cl)=C(Cl)C1. The fourth-order valence-corrected chi connectivity index (χ4v) is 1.57. The summed E-state index contributed by atoms with van der Waals surface area (Å²) in [7, 11) is 0. The molecule has 0 aromatic heterocycles. The highest BCUT2D eigenvalue weighted by Crippen LogP contribution is 2.23. The smallest absolute Gasteiger partial charge is 0.0466 e. The quantitative estimate of drug-likeness (QED) is 0.628. The Hall–Kier alpha value is 0.0200. The van der Waals surface area contributed by atoms with E-state index in [1.165, 1.54) is 0 Å². The topological polar surface area (TPSA) is 3.24 Å². The monoisotopic (exact) mass is 205 g/mol. The van der Waals surface area contributed by atoms with Crippen LogP contribution in [-0.2, 0) is 0 Å². The largest absolute Gasteiger partial charge is 0.294 e. The summed E-state index contributed by atoms with van der Waals surface area (Å²) in [5.74, 6) is 0. The van der Waals surface area contributed by atoms with Gasteiger partial charge >= 0.3 is 0 Å². The zero-order chi connectivity index (χ0) is 8.97. The molecule has 1 aliphatic heterocycles. The maximum Gasteiger partial charge on any atom is 0.0466 e. The molecule has 0 saturated carbocycles. The molecule has 1 nitrogen and oxygen atoms in total. The summed E-state index contributed by atoms with van der Waals surface area (Å²) in [5.41, 5.74) is 0. The molecular weight excluding hydrogens is 193 g/mol. The zero-order valence-corrected chi connectivity index (χ0v) is 8.70. The van der Waals surface area contributed by atoms with E-state index in [1.807, 2.05) is 13.0 Å². The Morgan fingerprint density at radius 3 is 2.75 bits per heavy atom. The van der Waals surface area contributed by atoms with Crippen LogP contribution < -0.4 is 0 Å².